The Morgan fingerprint density at radius 2 is 2.20 bits per heavy atom. The Hall–Kier alpha value is -1.20. The Kier molecular flexibility index (Phi) is 6.21. The van der Waals surface area contributed by atoms with E-state index in [1.807, 2.05) is 12.4 Å². The number of aliphatic hydroxyl groups is 1. The van der Waals surface area contributed by atoms with Gasteiger partial charge in [-0.2, -0.15) is 0 Å². The molecule has 1 fully saturated rings. The lowest BCUT2D eigenvalue weighted by Crippen LogP contribution is -2.31. The first kappa shape index (κ1) is 15.2. The maximum atomic E-state index is 8.97. The molecule has 1 aromatic heterocycles. The second kappa shape index (κ2) is 8.17. The van der Waals surface area contributed by atoms with Gasteiger partial charge in [0, 0.05) is 43.7 Å². The minimum Gasteiger partial charge on any atom is -0.396 e. The number of anilines is 1. The lowest BCUT2D eigenvalue weighted by Gasteiger charge is -2.24. The molecule has 2 heterocycles. The van der Waals surface area contributed by atoms with Crippen molar-refractivity contribution in [2.24, 2.45) is 0 Å². The summed E-state index contributed by atoms with van der Waals surface area (Å²) in [6, 6.07) is 0.492. The number of hydrogen-bond acceptors (Lipinski definition) is 5. The Balaban J connectivity index is 1.91. The summed E-state index contributed by atoms with van der Waals surface area (Å²) in [6.07, 6.45) is 9.25. The Morgan fingerprint density at radius 1 is 1.40 bits per heavy atom. The van der Waals surface area contributed by atoms with Gasteiger partial charge in [0.15, 0.2) is 0 Å². The molecule has 0 saturated carbocycles. The molecule has 0 aromatic carbocycles. The van der Waals surface area contributed by atoms with Crippen LogP contribution in [0.4, 0.5) is 5.95 Å². The molecular weight excluding hydrogens is 252 g/mol. The van der Waals surface area contributed by atoms with Gasteiger partial charge in [0.2, 0.25) is 5.95 Å². The van der Waals surface area contributed by atoms with Crippen LogP contribution in [0, 0.1) is 0 Å². The first-order valence-electron chi connectivity index (χ1n) is 7.74. The SMILES string of the molecule is CCCNCc1cnc(N2CCCC2CCCO)nc1. The predicted octanol–water partition coefficient (Wildman–Crippen LogP) is 1.72. The number of hydrogen-bond donors (Lipinski definition) is 2. The van der Waals surface area contributed by atoms with E-state index < -0.39 is 0 Å². The van der Waals surface area contributed by atoms with E-state index in [0.29, 0.717) is 6.04 Å². The molecule has 1 atom stereocenters. The van der Waals surface area contributed by atoms with Crippen LogP contribution < -0.4 is 10.2 Å². The lowest BCUT2D eigenvalue weighted by molar-refractivity contribution is 0.279. The molecule has 1 aliphatic heterocycles. The van der Waals surface area contributed by atoms with Crippen LogP contribution in [0.2, 0.25) is 0 Å². The van der Waals surface area contributed by atoms with E-state index in [2.05, 4.69) is 27.1 Å². The quantitative estimate of drug-likeness (QED) is 0.709. The van der Waals surface area contributed by atoms with E-state index in [0.717, 1.165) is 50.4 Å². The molecule has 1 saturated heterocycles. The van der Waals surface area contributed by atoms with Crippen molar-refractivity contribution >= 4 is 5.95 Å². The third-order valence-corrected chi connectivity index (χ3v) is 3.78. The zero-order valence-corrected chi connectivity index (χ0v) is 12.4. The second-order valence-corrected chi connectivity index (χ2v) is 5.42. The highest BCUT2D eigenvalue weighted by atomic mass is 16.2. The van der Waals surface area contributed by atoms with Crippen molar-refractivity contribution in [3.63, 3.8) is 0 Å². The van der Waals surface area contributed by atoms with E-state index >= 15 is 0 Å². The van der Waals surface area contributed by atoms with Crippen molar-refractivity contribution in [1.82, 2.24) is 15.3 Å². The van der Waals surface area contributed by atoms with Gasteiger partial charge in [-0.15, -0.1) is 0 Å². The van der Waals surface area contributed by atoms with E-state index in [4.69, 9.17) is 5.11 Å². The van der Waals surface area contributed by atoms with Crippen molar-refractivity contribution in [2.45, 2.75) is 51.6 Å². The highest BCUT2D eigenvalue weighted by molar-refractivity contribution is 5.33. The molecule has 2 N–H and O–H groups in total. The number of nitrogens with one attached hydrogen (secondary N) is 1. The molecule has 0 bridgehead atoms. The van der Waals surface area contributed by atoms with E-state index in [9.17, 15) is 0 Å². The molecule has 0 amide bonds. The Morgan fingerprint density at radius 3 is 2.90 bits per heavy atom. The molecule has 1 aromatic rings. The standard InChI is InChI=1S/C15H26N4O/c1-2-7-16-10-13-11-17-15(18-12-13)19-8-3-5-14(19)6-4-9-20/h11-12,14,16,20H,2-10H2,1H3. The van der Waals surface area contributed by atoms with Crippen LogP contribution in [0.25, 0.3) is 0 Å². The molecule has 2 rings (SSSR count). The van der Waals surface area contributed by atoms with Crippen LogP contribution in [-0.4, -0.2) is 40.8 Å². The van der Waals surface area contributed by atoms with Crippen LogP contribution >= 0.6 is 0 Å². The van der Waals surface area contributed by atoms with Crippen LogP contribution in [0.15, 0.2) is 12.4 Å². The highest BCUT2D eigenvalue weighted by Crippen LogP contribution is 2.25. The van der Waals surface area contributed by atoms with Gasteiger partial charge in [-0.25, -0.2) is 9.97 Å². The molecule has 1 unspecified atom stereocenters. The molecule has 5 heteroatoms. The smallest absolute Gasteiger partial charge is 0.225 e. The highest BCUT2D eigenvalue weighted by Gasteiger charge is 2.25. The summed E-state index contributed by atoms with van der Waals surface area (Å²) in [4.78, 5) is 11.3. The molecule has 0 spiro atoms. The molecule has 1 aliphatic rings. The number of aliphatic hydroxyl groups excluding tert-OH is 1. The maximum absolute atomic E-state index is 8.97. The Labute approximate surface area is 121 Å². The maximum Gasteiger partial charge on any atom is 0.225 e. The normalized spacial score (nSPS) is 18.7. The van der Waals surface area contributed by atoms with Crippen molar-refractivity contribution in [3.05, 3.63) is 18.0 Å². The summed E-state index contributed by atoms with van der Waals surface area (Å²) >= 11 is 0. The average molecular weight is 278 g/mol. The van der Waals surface area contributed by atoms with Gasteiger partial charge >= 0.3 is 0 Å². The zero-order chi connectivity index (χ0) is 14.2. The van der Waals surface area contributed by atoms with Crippen LogP contribution in [0.1, 0.15) is 44.6 Å². The first-order valence-corrected chi connectivity index (χ1v) is 7.74. The summed E-state index contributed by atoms with van der Waals surface area (Å²) in [7, 11) is 0. The fraction of sp³-hybridized carbons (Fsp3) is 0.733. The summed E-state index contributed by atoms with van der Waals surface area (Å²) in [6.45, 7) is 5.32. The van der Waals surface area contributed by atoms with Gasteiger partial charge in [0.1, 0.15) is 0 Å². The first-order chi connectivity index (χ1) is 9.85. The van der Waals surface area contributed by atoms with Crippen LogP contribution in [0.5, 0.6) is 0 Å². The van der Waals surface area contributed by atoms with E-state index in [1.165, 1.54) is 12.8 Å². The number of aromatic nitrogens is 2. The van der Waals surface area contributed by atoms with Crippen LogP contribution in [0.3, 0.4) is 0 Å². The predicted molar refractivity (Wildman–Crippen MR) is 80.7 cm³/mol. The summed E-state index contributed by atoms with van der Waals surface area (Å²) in [5.74, 6) is 0.838. The van der Waals surface area contributed by atoms with Crippen molar-refractivity contribution in [1.29, 1.82) is 0 Å². The van der Waals surface area contributed by atoms with Gasteiger partial charge < -0.3 is 15.3 Å². The lowest BCUT2D eigenvalue weighted by atomic mass is 10.1. The monoisotopic (exact) mass is 278 g/mol. The Bertz CT molecular complexity index is 382. The summed E-state index contributed by atoms with van der Waals surface area (Å²) in [5, 5.41) is 12.3. The van der Waals surface area contributed by atoms with Crippen molar-refractivity contribution in [3.8, 4) is 0 Å². The van der Waals surface area contributed by atoms with Gasteiger partial charge in [0.25, 0.3) is 0 Å². The summed E-state index contributed by atoms with van der Waals surface area (Å²) in [5.41, 5.74) is 1.13. The zero-order valence-electron chi connectivity index (χ0n) is 12.4. The third-order valence-electron chi connectivity index (χ3n) is 3.78. The van der Waals surface area contributed by atoms with Crippen LogP contribution in [-0.2, 0) is 6.54 Å². The summed E-state index contributed by atoms with van der Waals surface area (Å²) < 4.78 is 0. The van der Waals surface area contributed by atoms with E-state index in [-0.39, 0.29) is 6.61 Å². The fourth-order valence-electron chi connectivity index (χ4n) is 2.72. The van der Waals surface area contributed by atoms with Crippen molar-refractivity contribution < 1.29 is 5.11 Å². The molecule has 5 nitrogen and oxygen atoms in total. The second-order valence-electron chi connectivity index (χ2n) is 5.42. The van der Waals surface area contributed by atoms with Gasteiger partial charge in [-0.05, 0) is 38.6 Å². The topological polar surface area (TPSA) is 61.3 Å². The molecule has 112 valence electrons. The molecular formula is C15H26N4O. The van der Waals surface area contributed by atoms with Gasteiger partial charge in [0.05, 0.1) is 0 Å². The van der Waals surface area contributed by atoms with Crippen molar-refractivity contribution in [2.75, 3.05) is 24.6 Å². The average Bonchev–Trinajstić information content (AvgIpc) is 2.94. The number of nitrogens with zero attached hydrogens (tertiary/aromatic N) is 3. The molecule has 0 aliphatic carbocycles. The third kappa shape index (κ3) is 4.15. The van der Waals surface area contributed by atoms with Gasteiger partial charge in [-0.1, -0.05) is 6.92 Å². The largest absolute Gasteiger partial charge is 0.396 e. The van der Waals surface area contributed by atoms with Gasteiger partial charge in [-0.3, -0.25) is 0 Å². The molecule has 0 radical (unpaired) electrons. The minimum absolute atomic E-state index is 0.271. The number of rotatable bonds is 8. The van der Waals surface area contributed by atoms with E-state index in [1.54, 1.807) is 0 Å². The fourth-order valence-corrected chi connectivity index (χ4v) is 2.72. The minimum atomic E-state index is 0.271. The molecule has 20 heavy (non-hydrogen) atoms.